The quantitative estimate of drug-likeness (QED) is 0.462. The molecule has 2 aromatic carbocycles. The number of hydrogen-bond acceptors (Lipinski definition) is 4. The van der Waals surface area contributed by atoms with E-state index in [-0.39, 0.29) is 34.5 Å². The van der Waals surface area contributed by atoms with Crippen molar-refractivity contribution in [2.75, 3.05) is 18.0 Å². The second kappa shape index (κ2) is 10.1. The second-order valence-electron chi connectivity index (χ2n) is 11.0. The van der Waals surface area contributed by atoms with Crippen molar-refractivity contribution in [2.45, 2.75) is 37.3 Å². The van der Waals surface area contributed by atoms with Gasteiger partial charge in [-0.1, -0.05) is 48.0 Å². The van der Waals surface area contributed by atoms with Crippen LogP contribution in [-0.2, 0) is 9.59 Å². The molecular formula is C31H28Cl2FN3O4. The summed E-state index contributed by atoms with van der Waals surface area (Å²) in [5.41, 5.74) is 0.251. The lowest BCUT2D eigenvalue weighted by atomic mass is 9.71. The molecule has 1 aliphatic carbocycles. The minimum atomic E-state index is -1.44. The molecule has 1 saturated carbocycles. The van der Waals surface area contributed by atoms with Crippen LogP contribution in [0.2, 0.25) is 5.02 Å². The molecule has 3 aliphatic heterocycles. The van der Waals surface area contributed by atoms with Crippen molar-refractivity contribution in [3.8, 4) is 0 Å². The standard InChI is InChI=1S/C31H28Cl2FN3O4/c1-3-19(32)13-23-16(2)31(30(41)35-23)26(21-5-4-6-22(33)27(21)34)25-24(37(31)14-17-7-8-17)15-36(28(25)38)20-11-9-18(10-12-20)29(39)40/h3-6,9-13,17,24-26H,2,7-8,14-15H2,1H3,(H,35,41)(H,39,40)/b19-3+,23-13+/t24-,25+,26-,31+/m1/s1. The van der Waals surface area contributed by atoms with E-state index >= 15 is 4.39 Å². The van der Waals surface area contributed by atoms with Gasteiger partial charge in [-0.15, -0.1) is 0 Å². The molecule has 7 nitrogen and oxygen atoms in total. The largest absolute Gasteiger partial charge is 0.478 e. The number of nitrogens with zero attached hydrogens (tertiary/aromatic N) is 2. The molecule has 0 radical (unpaired) electrons. The van der Waals surface area contributed by atoms with Gasteiger partial charge in [0, 0.05) is 41.5 Å². The van der Waals surface area contributed by atoms with E-state index in [4.69, 9.17) is 23.2 Å². The van der Waals surface area contributed by atoms with Gasteiger partial charge in [-0.2, -0.15) is 0 Å². The topological polar surface area (TPSA) is 90.0 Å². The molecule has 3 heterocycles. The van der Waals surface area contributed by atoms with Crippen molar-refractivity contribution >= 4 is 46.7 Å². The lowest BCUT2D eigenvalue weighted by Gasteiger charge is -2.41. The first kappa shape index (κ1) is 27.7. The molecule has 4 aliphatic rings. The molecule has 1 spiro atoms. The fourth-order valence-corrected chi connectivity index (χ4v) is 7.05. The first-order valence-corrected chi connectivity index (χ1v) is 14.2. The van der Waals surface area contributed by atoms with E-state index in [1.807, 2.05) is 0 Å². The zero-order chi connectivity index (χ0) is 29.2. The van der Waals surface area contributed by atoms with Gasteiger partial charge < -0.3 is 15.3 Å². The number of allylic oxidation sites excluding steroid dienone is 3. The lowest BCUT2D eigenvalue weighted by Crippen LogP contribution is -2.57. The molecule has 4 atom stereocenters. The number of carbonyl (C=O) groups is 3. The zero-order valence-electron chi connectivity index (χ0n) is 22.2. The smallest absolute Gasteiger partial charge is 0.335 e. The van der Waals surface area contributed by atoms with Crippen LogP contribution in [-0.4, -0.2) is 52.5 Å². The summed E-state index contributed by atoms with van der Waals surface area (Å²) < 4.78 is 15.9. The van der Waals surface area contributed by atoms with Gasteiger partial charge in [0.1, 0.15) is 11.4 Å². The third-order valence-corrected chi connectivity index (χ3v) is 9.45. The number of carboxylic acids is 1. The average molecular weight is 596 g/mol. The fourth-order valence-electron chi connectivity index (χ4n) is 6.76. The third kappa shape index (κ3) is 4.23. The molecule has 41 heavy (non-hydrogen) atoms. The van der Waals surface area contributed by atoms with E-state index in [1.165, 1.54) is 18.2 Å². The summed E-state index contributed by atoms with van der Waals surface area (Å²) in [7, 11) is 0. The maximum Gasteiger partial charge on any atom is 0.335 e. The Morgan fingerprint density at radius 3 is 2.56 bits per heavy atom. The normalized spacial score (nSPS) is 29.1. The Bertz CT molecular complexity index is 1550. The van der Waals surface area contributed by atoms with Crippen LogP contribution < -0.4 is 10.2 Å². The molecule has 6 rings (SSSR count). The van der Waals surface area contributed by atoms with Crippen LogP contribution in [0.5, 0.6) is 0 Å². The van der Waals surface area contributed by atoms with Gasteiger partial charge in [0.25, 0.3) is 0 Å². The molecular weight excluding hydrogens is 568 g/mol. The van der Waals surface area contributed by atoms with E-state index in [0.717, 1.165) is 12.8 Å². The summed E-state index contributed by atoms with van der Waals surface area (Å²) in [6.07, 6.45) is 5.31. The summed E-state index contributed by atoms with van der Waals surface area (Å²) in [5.74, 6) is -3.77. The van der Waals surface area contributed by atoms with E-state index in [9.17, 15) is 19.5 Å². The van der Waals surface area contributed by atoms with Crippen LogP contribution in [0.3, 0.4) is 0 Å². The van der Waals surface area contributed by atoms with E-state index < -0.39 is 35.2 Å². The SMILES string of the molecule is C=C1/C(=C\C(Cl)=C/C)NC(=O)[C@@]12[C@H](c1cccc(Cl)c1F)[C@H]1C(=O)N(c3ccc(C(=O)O)cc3)C[C@H]1N2CC1CC1. The van der Waals surface area contributed by atoms with Gasteiger partial charge in [-0.25, -0.2) is 9.18 Å². The van der Waals surface area contributed by atoms with Crippen LogP contribution >= 0.6 is 23.2 Å². The highest BCUT2D eigenvalue weighted by Crippen LogP contribution is 2.60. The Labute approximate surface area is 246 Å². The van der Waals surface area contributed by atoms with E-state index in [0.29, 0.717) is 34.5 Å². The zero-order valence-corrected chi connectivity index (χ0v) is 23.8. The number of hydrogen-bond donors (Lipinski definition) is 2. The number of rotatable bonds is 6. The number of carbonyl (C=O) groups excluding carboxylic acids is 2. The van der Waals surface area contributed by atoms with E-state index in [2.05, 4.69) is 16.8 Å². The highest BCUT2D eigenvalue weighted by molar-refractivity contribution is 6.31. The van der Waals surface area contributed by atoms with Crippen molar-refractivity contribution in [3.63, 3.8) is 0 Å². The predicted octanol–water partition coefficient (Wildman–Crippen LogP) is 5.47. The summed E-state index contributed by atoms with van der Waals surface area (Å²) in [6.45, 7) is 6.91. The first-order valence-electron chi connectivity index (χ1n) is 13.5. The maximum atomic E-state index is 15.9. The van der Waals surface area contributed by atoms with Crippen LogP contribution in [0.4, 0.5) is 10.1 Å². The molecule has 3 saturated heterocycles. The summed E-state index contributed by atoms with van der Waals surface area (Å²) in [6, 6.07) is 10.3. The Balaban J connectivity index is 1.53. The predicted molar refractivity (Wildman–Crippen MR) is 154 cm³/mol. The molecule has 2 N–H and O–H groups in total. The van der Waals surface area contributed by atoms with Gasteiger partial charge in [0.2, 0.25) is 11.8 Å². The first-order chi connectivity index (χ1) is 19.6. The van der Waals surface area contributed by atoms with Gasteiger partial charge in [0.05, 0.1) is 16.5 Å². The van der Waals surface area contributed by atoms with Gasteiger partial charge in [-0.3, -0.25) is 14.5 Å². The monoisotopic (exact) mass is 595 g/mol. The Hall–Kier alpha value is -3.46. The minimum absolute atomic E-state index is 0.0989. The minimum Gasteiger partial charge on any atom is -0.478 e. The second-order valence-corrected chi connectivity index (χ2v) is 11.9. The maximum absolute atomic E-state index is 15.9. The lowest BCUT2D eigenvalue weighted by molar-refractivity contribution is -0.128. The highest BCUT2D eigenvalue weighted by atomic mass is 35.5. The third-order valence-electron chi connectivity index (χ3n) is 8.83. The molecule has 2 amide bonds. The van der Waals surface area contributed by atoms with Crippen LogP contribution in [0.1, 0.15) is 41.6 Å². The molecule has 212 valence electrons. The number of amides is 2. The number of likely N-dealkylation sites (tertiary alicyclic amines) is 1. The number of anilines is 1. The molecule has 4 fully saturated rings. The van der Waals surface area contributed by atoms with Crippen LogP contribution in [0.15, 0.2) is 77.5 Å². The number of fused-ring (bicyclic) bond motifs is 1. The number of benzene rings is 2. The van der Waals surface area contributed by atoms with Crippen molar-refractivity contribution < 1.29 is 23.9 Å². The van der Waals surface area contributed by atoms with Crippen LogP contribution in [0.25, 0.3) is 0 Å². The average Bonchev–Trinajstić information content (AvgIpc) is 3.59. The molecule has 0 aromatic heterocycles. The number of nitrogens with one attached hydrogen (secondary N) is 1. The van der Waals surface area contributed by atoms with Gasteiger partial charge >= 0.3 is 5.97 Å². The summed E-state index contributed by atoms with van der Waals surface area (Å²) in [5, 5.41) is 12.6. The fraction of sp³-hybridized carbons (Fsp3) is 0.323. The van der Waals surface area contributed by atoms with Crippen molar-refractivity contribution in [1.82, 2.24) is 10.2 Å². The molecule has 10 heteroatoms. The van der Waals surface area contributed by atoms with Gasteiger partial charge in [0.15, 0.2) is 0 Å². The van der Waals surface area contributed by atoms with Crippen molar-refractivity contribution in [2.24, 2.45) is 11.8 Å². The number of carboxylic acid groups (broad SMARTS) is 1. The highest BCUT2D eigenvalue weighted by Gasteiger charge is 2.71. The Morgan fingerprint density at radius 2 is 1.93 bits per heavy atom. The van der Waals surface area contributed by atoms with E-state index in [1.54, 1.807) is 48.2 Å². The van der Waals surface area contributed by atoms with Crippen molar-refractivity contribution in [3.05, 3.63) is 99.5 Å². The molecule has 0 bridgehead atoms. The Kier molecular flexibility index (Phi) is 6.83. The molecule has 2 aromatic rings. The summed E-state index contributed by atoms with van der Waals surface area (Å²) >= 11 is 12.6. The van der Waals surface area contributed by atoms with Gasteiger partial charge in [-0.05, 0) is 73.2 Å². The van der Waals surface area contributed by atoms with Crippen LogP contribution in [0, 0.1) is 17.7 Å². The Morgan fingerprint density at radius 1 is 1.22 bits per heavy atom. The summed E-state index contributed by atoms with van der Waals surface area (Å²) in [4.78, 5) is 43.6. The number of aromatic carboxylic acids is 1. The molecule has 0 unspecified atom stereocenters. The number of halogens is 3. The van der Waals surface area contributed by atoms with Crippen molar-refractivity contribution in [1.29, 1.82) is 0 Å².